The fourth-order valence-electron chi connectivity index (χ4n) is 1.98. The lowest BCUT2D eigenvalue weighted by atomic mass is 10.1. The molecule has 0 radical (unpaired) electrons. The number of hydrogen-bond donors (Lipinski definition) is 1. The molecule has 0 aliphatic heterocycles. The van der Waals surface area contributed by atoms with Crippen LogP contribution < -0.4 is 0 Å². The van der Waals surface area contributed by atoms with Crippen LogP contribution in [0.2, 0.25) is 0 Å². The molecule has 1 aromatic carbocycles. The summed E-state index contributed by atoms with van der Waals surface area (Å²) in [6.07, 6.45) is 2.84. The van der Waals surface area contributed by atoms with Gasteiger partial charge in [0, 0.05) is 19.2 Å². The van der Waals surface area contributed by atoms with E-state index in [2.05, 4.69) is 25.8 Å². The highest BCUT2D eigenvalue weighted by molar-refractivity contribution is 5.85. The fourth-order valence-corrected chi connectivity index (χ4v) is 1.98. The van der Waals surface area contributed by atoms with Gasteiger partial charge in [-0.05, 0) is 30.2 Å². The van der Waals surface area contributed by atoms with Gasteiger partial charge in [0.15, 0.2) is 0 Å². The molecule has 1 N–H and O–H groups in total. The molecule has 0 aliphatic carbocycles. The third-order valence-corrected chi connectivity index (χ3v) is 2.58. The smallest absolute Gasteiger partial charge is 0.328 e. The minimum absolute atomic E-state index is 0.622. The van der Waals surface area contributed by atoms with Gasteiger partial charge in [0.25, 0.3) is 0 Å². The maximum Gasteiger partial charge on any atom is 0.328 e. The highest BCUT2D eigenvalue weighted by Crippen LogP contribution is 2.13. The summed E-state index contributed by atoms with van der Waals surface area (Å²) in [6, 6.07) is 7.89. The van der Waals surface area contributed by atoms with Crippen LogP contribution in [0.25, 0.3) is 6.08 Å². The number of carboxylic acids is 1. The lowest BCUT2D eigenvalue weighted by molar-refractivity contribution is -0.131. The summed E-state index contributed by atoms with van der Waals surface area (Å²) >= 11 is 0. The van der Waals surface area contributed by atoms with E-state index in [1.807, 2.05) is 24.3 Å². The Hall–Kier alpha value is -1.61. The van der Waals surface area contributed by atoms with E-state index in [-0.39, 0.29) is 0 Å². The molecule has 0 spiro atoms. The minimum Gasteiger partial charge on any atom is -0.478 e. The molecular formula is C15H21NO2. The van der Waals surface area contributed by atoms with Crippen molar-refractivity contribution in [2.45, 2.75) is 20.4 Å². The molecule has 1 rings (SSSR count). The molecule has 98 valence electrons. The molecule has 0 atom stereocenters. The van der Waals surface area contributed by atoms with E-state index in [1.54, 1.807) is 6.08 Å². The van der Waals surface area contributed by atoms with Gasteiger partial charge in [0.1, 0.15) is 0 Å². The van der Waals surface area contributed by atoms with Crippen LogP contribution in [-0.4, -0.2) is 29.6 Å². The second-order valence-electron chi connectivity index (χ2n) is 4.96. The highest BCUT2D eigenvalue weighted by Gasteiger charge is 2.05. The lowest BCUT2D eigenvalue weighted by Crippen LogP contribution is -2.23. The van der Waals surface area contributed by atoms with Crippen molar-refractivity contribution in [2.75, 3.05) is 13.6 Å². The zero-order valence-corrected chi connectivity index (χ0v) is 11.3. The standard InChI is InChI=1S/C15H21NO2/c1-12(2)10-16(3)11-14-7-5-4-6-13(14)8-9-15(17)18/h4-9,12H,10-11H2,1-3H3,(H,17,18). The van der Waals surface area contributed by atoms with Gasteiger partial charge in [-0.3, -0.25) is 0 Å². The van der Waals surface area contributed by atoms with Crippen molar-refractivity contribution < 1.29 is 9.90 Å². The first kappa shape index (κ1) is 14.5. The first-order valence-corrected chi connectivity index (χ1v) is 6.16. The molecule has 0 heterocycles. The van der Waals surface area contributed by atoms with Gasteiger partial charge in [-0.15, -0.1) is 0 Å². The average molecular weight is 247 g/mol. The van der Waals surface area contributed by atoms with Gasteiger partial charge in [-0.1, -0.05) is 38.1 Å². The predicted octanol–water partition coefficient (Wildman–Crippen LogP) is 2.87. The van der Waals surface area contributed by atoms with E-state index in [1.165, 1.54) is 6.08 Å². The molecule has 0 aromatic heterocycles. The average Bonchev–Trinajstić information content (AvgIpc) is 2.26. The van der Waals surface area contributed by atoms with Gasteiger partial charge in [0.05, 0.1) is 0 Å². The van der Waals surface area contributed by atoms with Crippen LogP contribution in [0.5, 0.6) is 0 Å². The van der Waals surface area contributed by atoms with E-state index >= 15 is 0 Å². The van der Waals surface area contributed by atoms with Gasteiger partial charge in [0.2, 0.25) is 0 Å². The lowest BCUT2D eigenvalue weighted by Gasteiger charge is -2.20. The first-order chi connectivity index (χ1) is 8.49. The van der Waals surface area contributed by atoms with Gasteiger partial charge < -0.3 is 10.0 Å². The van der Waals surface area contributed by atoms with Crippen molar-refractivity contribution in [3.05, 3.63) is 41.5 Å². The highest BCUT2D eigenvalue weighted by atomic mass is 16.4. The molecule has 3 heteroatoms. The molecule has 0 aliphatic rings. The Labute approximate surface area is 109 Å². The molecule has 0 unspecified atom stereocenters. The van der Waals surface area contributed by atoms with E-state index in [0.29, 0.717) is 5.92 Å². The zero-order chi connectivity index (χ0) is 13.5. The molecule has 0 saturated heterocycles. The molecule has 0 saturated carbocycles. The van der Waals surface area contributed by atoms with Crippen molar-refractivity contribution in [2.24, 2.45) is 5.92 Å². The SMILES string of the molecule is CC(C)CN(C)Cc1ccccc1C=CC(=O)O. The van der Waals surface area contributed by atoms with E-state index in [4.69, 9.17) is 5.11 Å². The van der Waals surface area contributed by atoms with Crippen LogP contribution in [0.3, 0.4) is 0 Å². The Morgan fingerprint density at radius 3 is 2.67 bits per heavy atom. The summed E-state index contributed by atoms with van der Waals surface area (Å²) in [6.45, 7) is 6.23. The Morgan fingerprint density at radius 2 is 2.06 bits per heavy atom. The summed E-state index contributed by atoms with van der Waals surface area (Å²) in [5, 5.41) is 8.67. The van der Waals surface area contributed by atoms with Crippen molar-refractivity contribution in [1.82, 2.24) is 4.90 Å². The molecule has 0 bridgehead atoms. The summed E-state index contributed by atoms with van der Waals surface area (Å²) in [4.78, 5) is 12.8. The molecular weight excluding hydrogens is 226 g/mol. The first-order valence-electron chi connectivity index (χ1n) is 6.16. The quantitative estimate of drug-likeness (QED) is 0.786. The number of rotatable bonds is 6. The predicted molar refractivity (Wildman–Crippen MR) is 74.3 cm³/mol. The van der Waals surface area contributed by atoms with E-state index in [0.717, 1.165) is 24.2 Å². The number of nitrogens with zero attached hydrogens (tertiary/aromatic N) is 1. The van der Waals surface area contributed by atoms with Crippen LogP contribution >= 0.6 is 0 Å². The fraction of sp³-hybridized carbons (Fsp3) is 0.400. The van der Waals surface area contributed by atoms with Crippen molar-refractivity contribution in [3.63, 3.8) is 0 Å². The molecule has 0 amide bonds. The number of hydrogen-bond acceptors (Lipinski definition) is 2. The Kier molecular flexibility index (Phi) is 5.59. The van der Waals surface area contributed by atoms with Crippen LogP contribution in [0.15, 0.2) is 30.3 Å². The summed E-state index contributed by atoms with van der Waals surface area (Å²) < 4.78 is 0. The summed E-state index contributed by atoms with van der Waals surface area (Å²) in [5.41, 5.74) is 2.12. The topological polar surface area (TPSA) is 40.5 Å². The number of carbonyl (C=O) groups is 1. The maximum atomic E-state index is 10.6. The van der Waals surface area contributed by atoms with Gasteiger partial charge >= 0.3 is 5.97 Å². The largest absolute Gasteiger partial charge is 0.478 e. The van der Waals surface area contributed by atoms with Gasteiger partial charge in [-0.2, -0.15) is 0 Å². The maximum absolute atomic E-state index is 10.6. The molecule has 18 heavy (non-hydrogen) atoms. The van der Waals surface area contributed by atoms with E-state index in [9.17, 15) is 4.79 Å². The molecule has 3 nitrogen and oxygen atoms in total. The van der Waals surface area contributed by atoms with Crippen LogP contribution in [0, 0.1) is 5.92 Å². The van der Waals surface area contributed by atoms with Crippen molar-refractivity contribution in [1.29, 1.82) is 0 Å². The Bertz CT molecular complexity index is 424. The monoisotopic (exact) mass is 247 g/mol. The third kappa shape index (κ3) is 5.15. The summed E-state index contributed by atoms with van der Waals surface area (Å²) in [7, 11) is 2.08. The number of aliphatic carboxylic acids is 1. The van der Waals surface area contributed by atoms with Crippen molar-refractivity contribution >= 4 is 12.0 Å². The Balaban J connectivity index is 2.79. The van der Waals surface area contributed by atoms with Crippen LogP contribution in [0.4, 0.5) is 0 Å². The minimum atomic E-state index is -0.916. The third-order valence-electron chi connectivity index (χ3n) is 2.58. The Morgan fingerprint density at radius 1 is 1.39 bits per heavy atom. The van der Waals surface area contributed by atoms with Crippen LogP contribution in [0.1, 0.15) is 25.0 Å². The normalized spacial score (nSPS) is 11.6. The number of carboxylic acid groups (broad SMARTS) is 1. The molecule has 0 fully saturated rings. The van der Waals surface area contributed by atoms with Gasteiger partial charge in [-0.25, -0.2) is 4.79 Å². The number of benzene rings is 1. The zero-order valence-electron chi connectivity index (χ0n) is 11.3. The second kappa shape index (κ2) is 6.97. The van der Waals surface area contributed by atoms with Crippen molar-refractivity contribution in [3.8, 4) is 0 Å². The second-order valence-corrected chi connectivity index (χ2v) is 4.96. The van der Waals surface area contributed by atoms with Crippen LogP contribution in [-0.2, 0) is 11.3 Å². The van der Waals surface area contributed by atoms with E-state index < -0.39 is 5.97 Å². The molecule has 1 aromatic rings. The summed E-state index contributed by atoms with van der Waals surface area (Å²) in [5.74, 6) is -0.294.